The number of para-hydroxylation sites is 1. The van der Waals surface area contributed by atoms with Gasteiger partial charge in [0.15, 0.2) is 0 Å². The second-order valence-electron chi connectivity index (χ2n) is 4.32. The van der Waals surface area contributed by atoms with Crippen LogP contribution in [0.15, 0.2) is 36.4 Å². The van der Waals surface area contributed by atoms with E-state index in [0.29, 0.717) is 18.8 Å². The van der Waals surface area contributed by atoms with Crippen molar-refractivity contribution in [2.75, 3.05) is 6.61 Å². The molecule has 1 aliphatic rings. The normalized spacial score (nSPS) is 12.9. The third-order valence-electron chi connectivity index (χ3n) is 3.15. The quantitative estimate of drug-likeness (QED) is 0.775. The second-order valence-corrected chi connectivity index (χ2v) is 4.32. The molecule has 0 atom stereocenters. The van der Waals surface area contributed by atoms with Crippen molar-refractivity contribution in [3.63, 3.8) is 0 Å². The molecule has 1 heterocycles. The van der Waals surface area contributed by atoms with Gasteiger partial charge >= 0.3 is 0 Å². The molecular formula is C15H10F2O2. The Morgan fingerprint density at radius 2 is 1.74 bits per heavy atom. The Hall–Kier alpha value is -2.23. The Balaban J connectivity index is 2.13. The molecule has 2 nitrogen and oxygen atoms in total. The van der Waals surface area contributed by atoms with Gasteiger partial charge in [0.25, 0.3) is 0 Å². The zero-order chi connectivity index (χ0) is 13.4. The van der Waals surface area contributed by atoms with Crippen LogP contribution in [-0.4, -0.2) is 12.4 Å². The molecular weight excluding hydrogens is 250 g/mol. The Morgan fingerprint density at radius 1 is 1.05 bits per heavy atom. The van der Waals surface area contributed by atoms with Crippen molar-refractivity contribution in [1.29, 1.82) is 0 Å². The summed E-state index contributed by atoms with van der Waals surface area (Å²) in [5, 5.41) is 0. The monoisotopic (exact) mass is 260 g/mol. The van der Waals surface area contributed by atoms with Gasteiger partial charge in [0.05, 0.1) is 17.7 Å². The van der Waals surface area contributed by atoms with Crippen LogP contribution < -0.4 is 4.74 Å². The molecule has 0 radical (unpaired) electrons. The highest BCUT2D eigenvalue weighted by Crippen LogP contribution is 2.31. The molecule has 0 spiro atoms. The molecule has 0 bridgehead atoms. The molecule has 0 saturated heterocycles. The van der Waals surface area contributed by atoms with E-state index in [9.17, 15) is 13.6 Å². The maximum absolute atomic E-state index is 13.6. The third kappa shape index (κ3) is 1.89. The van der Waals surface area contributed by atoms with Gasteiger partial charge in [0, 0.05) is 6.42 Å². The number of benzene rings is 2. The number of rotatable bonds is 2. The van der Waals surface area contributed by atoms with E-state index in [2.05, 4.69) is 0 Å². The summed E-state index contributed by atoms with van der Waals surface area (Å²) in [6.45, 7) is 0.485. The molecule has 0 N–H and O–H groups in total. The predicted molar refractivity (Wildman–Crippen MR) is 65.4 cm³/mol. The van der Waals surface area contributed by atoms with Crippen LogP contribution in [0.1, 0.15) is 21.5 Å². The lowest BCUT2D eigenvalue weighted by molar-refractivity contribution is 0.102. The van der Waals surface area contributed by atoms with E-state index in [-0.39, 0.29) is 5.56 Å². The number of carbonyl (C=O) groups excluding carboxylic acids is 1. The van der Waals surface area contributed by atoms with Crippen LogP contribution in [0.4, 0.5) is 8.78 Å². The molecule has 0 unspecified atom stereocenters. The van der Waals surface area contributed by atoms with Gasteiger partial charge in [-0.2, -0.15) is 0 Å². The lowest BCUT2D eigenvalue weighted by Gasteiger charge is -2.08. The maximum atomic E-state index is 13.6. The van der Waals surface area contributed by atoms with E-state index in [1.807, 2.05) is 6.07 Å². The van der Waals surface area contributed by atoms with Gasteiger partial charge in [-0.15, -0.1) is 0 Å². The summed E-state index contributed by atoms with van der Waals surface area (Å²) in [4.78, 5) is 12.3. The Labute approximate surface area is 108 Å². The van der Waals surface area contributed by atoms with Crippen LogP contribution in [0.25, 0.3) is 0 Å². The van der Waals surface area contributed by atoms with Crippen molar-refractivity contribution < 1.29 is 18.3 Å². The van der Waals surface area contributed by atoms with Gasteiger partial charge in [-0.3, -0.25) is 4.79 Å². The number of ether oxygens (including phenoxy) is 1. The fourth-order valence-electron chi connectivity index (χ4n) is 2.24. The van der Waals surface area contributed by atoms with Crippen molar-refractivity contribution >= 4 is 5.78 Å². The molecule has 4 heteroatoms. The standard InChI is InChI=1S/C15H10F2O2/c16-11-5-2-6-12(17)13(11)14(18)10-4-1-3-9-7-8-19-15(9)10/h1-6H,7-8H2. The number of halogens is 2. The SMILES string of the molecule is O=C(c1cccc2c1OCC2)c1c(F)cccc1F. The Bertz CT molecular complexity index is 645. The molecule has 0 aliphatic carbocycles. The van der Waals surface area contributed by atoms with Crippen LogP contribution in [0.5, 0.6) is 5.75 Å². The molecule has 96 valence electrons. The van der Waals surface area contributed by atoms with Gasteiger partial charge < -0.3 is 4.74 Å². The fraction of sp³-hybridized carbons (Fsp3) is 0.133. The van der Waals surface area contributed by atoms with E-state index in [1.165, 1.54) is 12.1 Å². The van der Waals surface area contributed by atoms with Crippen LogP contribution in [0, 0.1) is 11.6 Å². The average Bonchev–Trinajstić information content (AvgIpc) is 2.86. The minimum Gasteiger partial charge on any atom is -0.492 e. The molecule has 2 aromatic carbocycles. The first-order valence-electron chi connectivity index (χ1n) is 5.92. The first-order chi connectivity index (χ1) is 9.18. The molecule has 19 heavy (non-hydrogen) atoms. The smallest absolute Gasteiger partial charge is 0.202 e. The topological polar surface area (TPSA) is 26.3 Å². The van der Waals surface area contributed by atoms with Crippen LogP contribution in [0.2, 0.25) is 0 Å². The highest BCUT2D eigenvalue weighted by atomic mass is 19.1. The van der Waals surface area contributed by atoms with Crippen LogP contribution >= 0.6 is 0 Å². The summed E-state index contributed by atoms with van der Waals surface area (Å²) in [5.74, 6) is -1.97. The maximum Gasteiger partial charge on any atom is 0.202 e. The van der Waals surface area contributed by atoms with Crippen LogP contribution in [0.3, 0.4) is 0 Å². The van der Waals surface area contributed by atoms with Crippen molar-refractivity contribution in [2.24, 2.45) is 0 Å². The summed E-state index contributed by atoms with van der Waals surface area (Å²) >= 11 is 0. The molecule has 1 aliphatic heterocycles. The van der Waals surface area contributed by atoms with E-state index < -0.39 is 23.0 Å². The van der Waals surface area contributed by atoms with Gasteiger partial charge in [0.1, 0.15) is 17.4 Å². The highest BCUT2D eigenvalue weighted by molar-refractivity contribution is 6.11. The minimum absolute atomic E-state index is 0.207. The molecule has 0 saturated carbocycles. The summed E-state index contributed by atoms with van der Waals surface area (Å²) in [7, 11) is 0. The van der Waals surface area contributed by atoms with Crippen LogP contribution in [-0.2, 0) is 6.42 Å². The first-order valence-corrected chi connectivity index (χ1v) is 5.92. The zero-order valence-corrected chi connectivity index (χ0v) is 9.95. The Morgan fingerprint density at radius 3 is 2.47 bits per heavy atom. The van der Waals surface area contributed by atoms with E-state index in [1.54, 1.807) is 6.07 Å². The van der Waals surface area contributed by atoms with Gasteiger partial charge in [-0.05, 0) is 23.8 Å². The third-order valence-corrected chi connectivity index (χ3v) is 3.15. The largest absolute Gasteiger partial charge is 0.492 e. The average molecular weight is 260 g/mol. The molecule has 2 aromatic rings. The molecule has 0 amide bonds. The van der Waals surface area contributed by atoms with E-state index in [4.69, 9.17) is 4.74 Å². The fourth-order valence-corrected chi connectivity index (χ4v) is 2.24. The van der Waals surface area contributed by atoms with Crippen molar-refractivity contribution in [3.05, 3.63) is 64.7 Å². The molecule has 0 aromatic heterocycles. The van der Waals surface area contributed by atoms with Crippen molar-refractivity contribution in [1.82, 2.24) is 0 Å². The minimum atomic E-state index is -0.861. The number of hydrogen-bond acceptors (Lipinski definition) is 2. The number of ketones is 1. The lowest BCUT2D eigenvalue weighted by atomic mass is 9.99. The van der Waals surface area contributed by atoms with Gasteiger partial charge in [0.2, 0.25) is 5.78 Å². The zero-order valence-electron chi connectivity index (χ0n) is 9.95. The molecule has 3 rings (SSSR count). The summed E-state index contributed by atoms with van der Waals surface area (Å²) in [6, 6.07) is 8.43. The second kappa shape index (κ2) is 4.46. The summed E-state index contributed by atoms with van der Waals surface area (Å²) in [6.07, 6.45) is 0.705. The van der Waals surface area contributed by atoms with Crippen molar-refractivity contribution in [3.8, 4) is 5.75 Å². The first kappa shape index (κ1) is 11.8. The lowest BCUT2D eigenvalue weighted by Crippen LogP contribution is -2.08. The number of hydrogen-bond donors (Lipinski definition) is 0. The van der Waals surface area contributed by atoms with Gasteiger partial charge in [-0.25, -0.2) is 8.78 Å². The van der Waals surface area contributed by atoms with Crippen molar-refractivity contribution in [2.45, 2.75) is 6.42 Å². The summed E-state index contributed by atoms with van der Waals surface area (Å²) < 4.78 is 32.7. The Kier molecular flexibility index (Phi) is 2.78. The molecule has 0 fully saturated rings. The van der Waals surface area contributed by atoms with E-state index >= 15 is 0 Å². The predicted octanol–water partition coefficient (Wildman–Crippen LogP) is 3.13. The number of carbonyl (C=O) groups is 1. The summed E-state index contributed by atoms with van der Waals surface area (Å²) in [5.41, 5.74) is 0.563. The van der Waals surface area contributed by atoms with E-state index in [0.717, 1.165) is 17.7 Å². The van der Waals surface area contributed by atoms with Gasteiger partial charge in [-0.1, -0.05) is 18.2 Å². The number of fused-ring (bicyclic) bond motifs is 1. The highest BCUT2D eigenvalue weighted by Gasteiger charge is 2.25.